The van der Waals surface area contributed by atoms with Gasteiger partial charge in [-0.3, -0.25) is 0 Å². The van der Waals surface area contributed by atoms with Crippen LogP contribution in [0.1, 0.15) is 31.1 Å². The van der Waals surface area contributed by atoms with Gasteiger partial charge in [0.25, 0.3) is 0 Å². The number of carbonyl (C=O) groups is 1. The fourth-order valence-electron chi connectivity index (χ4n) is 1.74. The minimum atomic E-state index is -3.96. The molecule has 0 saturated carbocycles. The molecule has 0 radical (unpaired) electrons. The zero-order valence-corrected chi connectivity index (χ0v) is 14.8. The lowest BCUT2D eigenvalue weighted by molar-refractivity contribution is 0.0596. The van der Waals surface area contributed by atoms with E-state index in [1.807, 2.05) is 0 Å². The van der Waals surface area contributed by atoms with E-state index in [1.165, 1.54) is 31.8 Å². The second-order valence-electron chi connectivity index (χ2n) is 4.41. The van der Waals surface area contributed by atoms with Gasteiger partial charge in [-0.05, 0) is 37.8 Å². The molecule has 0 aliphatic rings. The Hall–Kier alpha value is -1.68. The smallest absolute Gasteiger partial charge is 0.339 e. The number of methoxy groups -OCH3 is 1. The first-order valence-corrected chi connectivity index (χ1v) is 8.48. The minimum Gasteiger partial charge on any atom is -0.465 e. The molecule has 1 rings (SSSR count). The van der Waals surface area contributed by atoms with Gasteiger partial charge >= 0.3 is 5.97 Å². The number of nitrogen functional groups attached to an aromatic ring is 1. The number of ether oxygens (including phenoxy) is 1. The van der Waals surface area contributed by atoms with Crippen molar-refractivity contribution in [3.8, 4) is 0 Å². The molecule has 0 fully saturated rings. The van der Waals surface area contributed by atoms with Crippen molar-refractivity contribution in [3.63, 3.8) is 0 Å². The van der Waals surface area contributed by atoms with Crippen LogP contribution in [0.4, 0.5) is 5.69 Å². The predicted molar refractivity (Wildman–Crippen MR) is 90.6 cm³/mol. The summed E-state index contributed by atoms with van der Waals surface area (Å²) in [4.78, 5) is 13.3. The largest absolute Gasteiger partial charge is 0.465 e. The molecule has 8 nitrogen and oxygen atoms in total. The molecule has 0 aromatic heterocycles. The molecule has 1 aromatic carbocycles. The molecular weight excluding hydrogens is 322 g/mol. The van der Waals surface area contributed by atoms with Crippen LogP contribution < -0.4 is 10.9 Å². The van der Waals surface area contributed by atoms with E-state index in [0.29, 0.717) is 0 Å². The van der Waals surface area contributed by atoms with Crippen molar-refractivity contribution in [2.75, 3.05) is 32.5 Å². The Bertz CT molecular complexity index is 581. The number of nitrogens with two attached hydrogens (primary N) is 2. The number of hydrogen-bond donors (Lipinski definition) is 2. The molecule has 0 atom stereocenters. The molecule has 23 heavy (non-hydrogen) atoms. The van der Waals surface area contributed by atoms with Crippen LogP contribution in [-0.4, -0.2) is 51.5 Å². The van der Waals surface area contributed by atoms with Crippen LogP contribution in [0.2, 0.25) is 0 Å². The van der Waals surface area contributed by atoms with Gasteiger partial charge in [0.2, 0.25) is 10.0 Å². The van der Waals surface area contributed by atoms with Gasteiger partial charge in [-0.15, -0.1) is 0 Å². The number of anilines is 1. The van der Waals surface area contributed by atoms with Crippen molar-refractivity contribution in [1.29, 1.82) is 0 Å². The summed E-state index contributed by atoms with van der Waals surface area (Å²) in [7, 11) is -2.82. The van der Waals surface area contributed by atoms with Crippen LogP contribution in [0.3, 0.4) is 0 Å². The molecule has 0 aliphatic heterocycles. The van der Waals surface area contributed by atoms with E-state index in [0.717, 1.165) is 13.2 Å². The Morgan fingerprint density at radius 3 is 1.96 bits per heavy atom. The summed E-state index contributed by atoms with van der Waals surface area (Å²) >= 11 is 0. The summed E-state index contributed by atoms with van der Waals surface area (Å²) in [5, 5.41) is 4.92. The molecule has 134 valence electrons. The van der Waals surface area contributed by atoms with Gasteiger partial charge in [-0.2, -0.15) is 0 Å². The van der Waals surface area contributed by atoms with Gasteiger partial charge in [0.05, 0.1) is 17.6 Å². The fourth-order valence-corrected chi connectivity index (χ4v) is 2.44. The predicted octanol–water partition coefficient (Wildman–Crippen LogP) is 0.226. The van der Waals surface area contributed by atoms with E-state index < -0.39 is 16.0 Å². The molecule has 6 N–H and O–H groups in total. The highest BCUT2D eigenvalue weighted by atomic mass is 32.2. The first-order valence-electron chi connectivity index (χ1n) is 6.94. The number of nitrogens with zero attached hydrogens (tertiary/aromatic N) is 1. The van der Waals surface area contributed by atoms with Gasteiger partial charge in [0, 0.05) is 5.69 Å². The average Bonchev–Trinajstić information content (AvgIpc) is 2.47. The lowest BCUT2D eigenvalue weighted by Crippen LogP contribution is -2.21. The van der Waals surface area contributed by atoms with Gasteiger partial charge in [-0.1, -0.05) is 20.8 Å². The van der Waals surface area contributed by atoms with Gasteiger partial charge in [0.15, 0.2) is 0 Å². The van der Waals surface area contributed by atoms with Gasteiger partial charge < -0.3 is 20.8 Å². The maximum absolute atomic E-state index is 11.2. The van der Waals surface area contributed by atoms with E-state index >= 15 is 0 Å². The zero-order valence-electron chi connectivity index (χ0n) is 14.0. The SMILES string of the molecule is CCN(CC)CC.COC(=O)c1cc(N)ccc1S(N)(=O)=O.O. The number of hydrogen-bond acceptors (Lipinski definition) is 6. The fraction of sp³-hybridized carbons (Fsp3) is 0.500. The number of esters is 1. The standard InChI is InChI=1S/C8H10N2O4S.C6H15N.H2O/c1-14-8(11)6-4-5(9)2-3-7(6)15(10,12)13;1-4-7(5-2)6-3;/h2-4H,9H2,1H3,(H2,10,12,13);4-6H2,1-3H3;1H2. The van der Waals surface area contributed by atoms with E-state index in [-0.39, 0.29) is 21.6 Å². The van der Waals surface area contributed by atoms with Gasteiger partial charge in [-0.25, -0.2) is 18.4 Å². The van der Waals surface area contributed by atoms with Crippen molar-refractivity contribution < 1.29 is 23.4 Å². The summed E-state index contributed by atoms with van der Waals surface area (Å²) in [6, 6.07) is 3.70. The molecule has 1 aromatic rings. The number of carbonyl (C=O) groups excluding carboxylic acids is 1. The van der Waals surface area contributed by atoms with Crippen molar-refractivity contribution >= 4 is 21.7 Å². The van der Waals surface area contributed by atoms with Crippen molar-refractivity contribution in [2.45, 2.75) is 25.7 Å². The van der Waals surface area contributed by atoms with Crippen LogP contribution in [0.15, 0.2) is 23.1 Å². The minimum absolute atomic E-state index is 0. The number of rotatable bonds is 5. The summed E-state index contributed by atoms with van der Waals surface area (Å²) in [5.74, 6) is -0.800. The summed E-state index contributed by atoms with van der Waals surface area (Å²) in [6.07, 6.45) is 0. The first-order chi connectivity index (χ1) is 10.2. The quantitative estimate of drug-likeness (QED) is 0.574. The van der Waals surface area contributed by atoms with E-state index in [2.05, 4.69) is 30.4 Å². The third kappa shape index (κ3) is 7.93. The highest BCUT2D eigenvalue weighted by Gasteiger charge is 2.19. The van der Waals surface area contributed by atoms with E-state index in [1.54, 1.807) is 0 Å². The summed E-state index contributed by atoms with van der Waals surface area (Å²) in [6.45, 7) is 10.1. The topological polar surface area (TPSA) is 147 Å². The molecule has 0 bridgehead atoms. The molecular formula is C14H27N3O5S. The monoisotopic (exact) mass is 349 g/mol. The van der Waals surface area contributed by atoms with Crippen LogP contribution in [0.25, 0.3) is 0 Å². The summed E-state index contributed by atoms with van der Waals surface area (Å²) in [5.41, 5.74) is 5.51. The zero-order chi connectivity index (χ0) is 17.3. The third-order valence-corrected chi connectivity index (χ3v) is 4.03. The highest BCUT2D eigenvalue weighted by Crippen LogP contribution is 2.18. The Morgan fingerprint density at radius 1 is 1.17 bits per heavy atom. The van der Waals surface area contributed by atoms with Crippen LogP contribution >= 0.6 is 0 Å². The Morgan fingerprint density at radius 2 is 1.65 bits per heavy atom. The highest BCUT2D eigenvalue weighted by molar-refractivity contribution is 7.89. The molecule has 0 spiro atoms. The average molecular weight is 349 g/mol. The Labute approximate surface area is 137 Å². The van der Waals surface area contributed by atoms with Crippen molar-refractivity contribution in [1.82, 2.24) is 4.90 Å². The second-order valence-corrected chi connectivity index (χ2v) is 5.94. The maximum Gasteiger partial charge on any atom is 0.339 e. The maximum atomic E-state index is 11.2. The van der Waals surface area contributed by atoms with E-state index in [9.17, 15) is 13.2 Å². The molecule has 0 aliphatic carbocycles. The number of sulfonamides is 1. The van der Waals surface area contributed by atoms with Crippen LogP contribution in [0, 0.1) is 0 Å². The number of benzene rings is 1. The molecule has 0 heterocycles. The first kappa shape index (κ1) is 23.6. The number of primary sulfonamides is 1. The Kier molecular flexibility index (Phi) is 11.2. The van der Waals surface area contributed by atoms with Crippen LogP contribution in [-0.2, 0) is 14.8 Å². The second kappa shape index (κ2) is 10.9. The molecule has 0 saturated heterocycles. The van der Waals surface area contributed by atoms with E-state index in [4.69, 9.17) is 10.9 Å². The third-order valence-electron chi connectivity index (χ3n) is 3.06. The molecule has 0 amide bonds. The van der Waals surface area contributed by atoms with Crippen LogP contribution in [0.5, 0.6) is 0 Å². The van der Waals surface area contributed by atoms with Gasteiger partial charge in [0.1, 0.15) is 0 Å². The molecule has 0 unspecified atom stereocenters. The normalized spacial score (nSPS) is 10.3. The summed E-state index contributed by atoms with van der Waals surface area (Å²) < 4.78 is 26.6. The lowest BCUT2D eigenvalue weighted by atomic mass is 10.2. The van der Waals surface area contributed by atoms with Crippen molar-refractivity contribution in [3.05, 3.63) is 23.8 Å². The Balaban J connectivity index is 0. The van der Waals surface area contributed by atoms with Crippen molar-refractivity contribution in [2.24, 2.45) is 5.14 Å². The lowest BCUT2D eigenvalue weighted by Gasteiger charge is -2.13. The molecule has 9 heteroatoms.